The van der Waals surface area contributed by atoms with Gasteiger partial charge >= 0.3 is 0 Å². The maximum atomic E-state index is 14.8. The number of nitrogens with zero attached hydrogens (tertiary/aromatic N) is 2. The highest BCUT2D eigenvalue weighted by atomic mass is 79.9. The van der Waals surface area contributed by atoms with E-state index in [1.54, 1.807) is 54.7 Å². The molecule has 30 heavy (non-hydrogen) atoms. The predicted octanol–water partition coefficient (Wildman–Crippen LogP) is 5.15. The van der Waals surface area contributed by atoms with Crippen LogP contribution in [0.4, 0.5) is 10.2 Å². The van der Waals surface area contributed by atoms with Crippen LogP contribution in [-0.4, -0.2) is 10.9 Å². The minimum atomic E-state index is -0.983. The maximum Gasteiger partial charge on any atom is 0.296 e. The van der Waals surface area contributed by atoms with Crippen LogP contribution in [0.25, 0.3) is 11.0 Å². The maximum absolute atomic E-state index is 14.8. The van der Waals surface area contributed by atoms with Crippen molar-refractivity contribution >= 4 is 38.6 Å². The summed E-state index contributed by atoms with van der Waals surface area (Å²) in [6, 6.07) is 13.6. The van der Waals surface area contributed by atoms with Gasteiger partial charge in [0.25, 0.3) is 5.91 Å². The van der Waals surface area contributed by atoms with Gasteiger partial charge in [0.05, 0.1) is 17.0 Å². The van der Waals surface area contributed by atoms with Crippen LogP contribution in [0.2, 0.25) is 0 Å². The molecular weight excluding hydrogens is 451 g/mol. The summed E-state index contributed by atoms with van der Waals surface area (Å²) in [5.74, 6) is -0.828. The SMILES string of the molecule is Cc1ccc(N2C(=O)c3oc4ccc(Br)cc4c(=O)c3C2c2ccccc2F)nc1. The fraction of sp³-hybridized carbons (Fsp3) is 0.0870. The zero-order valence-corrected chi connectivity index (χ0v) is 17.3. The van der Waals surface area contributed by atoms with Gasteiger partial charge in [-0.05, 0) is 42.8 Å². The Labute approximate surface area is 178 Å². The van der Waals surface area contributed by atoms with E-state index >= 15 is 0 Å². The van der Waals surface area contributed by atoms with Gasteiger partial charge in [-0.3, -0.25) is 14.5 Å². The zero-order valence-electron chi connectivity index (χ0n) is 15.7. The number of fused-ring (bicyclic) bond motifs is 2. The summed E-state index contributed by atoms with van der Waals surface area (Å²) in [5, 5.41) is 0.316. The van der Waals surface area contributed by atoms with Crippen LogP contribution in [0.5, 0.6) is 0 Å². The highest BCUT2D eigenvalue weighted by Crippen LogP contribution is 2.41. The van der Waals surface area contributed by atoms with E-state index in [-0.39, 0.29) is 22.3 Å². The van der Waals surface area contributed by atoms with Crippen molar-refractivity contribution in [3.05, 3.63) is 104 Å². The molecule has 0 aliphatic carbocycles. The first-order valence-corrected chi connectivity index (χ1v) is 10.0. The second-order valence-electron chi connectivity index (χ2n) is 7.11. The summed E-state index contributed by atoms with van der Waals surface area (Å²) in [6.07, 6.45) is 1.62. The third kappa shape index (κ3) is 2.77. The van der Waals surface area contributed by atoms with Crippen molar-refractivity contribution in [1.29, 1.82) is 0 Å². The Balaban J connectivity index is 1.84. The summed E-state index contributed by atoms with van der Waals surface area (Å²) < 4.78 is 21.4. The molecule has 0 saturated carbocycles. The molecule has 1 unspecified atom stereocenters. The quantitative estimate of drug-likeness (QED) is 0.411. The zero-order chi connectivity index (χ0) is 21.0. The standard InChI is InChI=1S/C23H14BrFN2O3/c1-12-6-9-18(26-11-12)27-20(14-4-2-3-5-16(14)25)19-21(28)15-10-13(24)7-8-17(15)30-22(19)23(27)29/h2-11,20H,1H3. The fourth-order valence-corrected chi connectivity index (χ4v) is 4.14. The van der Waals surface area contributed by atoms with E-state index in [9.17, 15) is 14.0 Å². The first kappa shape index (κ1) is 18.7. The number of aromatic nitrogens is 1. The highest BCUT2D eigenvalue weighted by molar-refractivity contribution is 9.10. The van der Waals surface area contributed by atoms with Gasteiger partial charge in [-0.15, -0.1) is 0 Å². The minimum absolute atomic E-state index is 0.0922. The molecule has 0 bridgehead atoms. The van der Waals surface area contributed by atoms with Crippen LogP contribution in [0.3, 0.4) is 0 Å². The van der Waals surface area contributed by atoms with Crippen molar-refractivity contribution in [2.45, 2.75) is 13.0 Å². The average Bonchev–Trinajstić information content (AvgIpc) is 3.02. The Bertz CT molecular complexity index is 1380. The Morgan fingerprint density at radius 1 is 1.10 bits per heavy atom. The molecule has 0 spiro atoms. The highest BCUT2D eigenvalue weighted by Gasteiger charge is 2.45. The lowest BCUT2D eigenvalue weighted by Gasteiger charge is -2.24. The summed E-state index contributed by atoms with van der Waals surface area (Å²) in [7, 11) is 0. The molecule has 148 valence electrons. The monoisotopic (exact) mass is 464 g/mol. The first-order chi connectivity index (χ1) is 14.5. The summed E-state index contributed by atoms with van der Waals surface area (Å²) >= 11 is 3.36. The molecule has 5 nitrogen and oxygen atoms in total. The van der Waals surface area contributed by atoms with Crippen LogP contribution in [0.1, 0.15) is 33.3 Å². The fourth-order valence-electron chi connectivity index (χ4n) is 3.77. The third-order valence-electron chi connectivity index (χ3n) is 5.17. The molecule has 1 atom stereocenters. The van der Waals surface area contributed by atoms with Crippen molar-refractivity contribution in [3.8, 4) is 0 Å². The molecule has 1 aliphatic rings. The smallest absolute Gasteiger partial charge is 0.296 e. The van der Waals surface area contributed by atoms with E-state index in [4.69, 9.17) is 4.42 Å². The van der Waals surface area contributed by atoms with E-state index in [2.05, 4.69) is 20.9 Å². The Kier molecular flexibility index (Phi) is 4.29. The van der Waals surface area contributed by atoms with Crippen molar-refractivity contribution in [1.82, 2.24) is 4.98 Å². The summed E-state index contributed by atoms with van der Waals surface area (Å²) in [4.78, 5) is 32.5. The lowest BCUT2D eigenvalue weighted by molar-refractivity contribution is 0.0970. The number of halogens is 2. The molecule has 0 radical (unpaired) electrons. The molecule has 1 aliphatic heterocycles. The van der Waals surface area contributed by atoms with Crippen LogP contribution in [-0.2, 0) is 0 Å². The molecule has 2 aromatic carbocycles. The number of carbonyl (C=O) groups is 1. The lowest BCUT2D eigenvalue weighted by Crippen LogP contribution is -2.30. The first-order valence-electron chi connectivity index (χ1n) is 9.22. The molecule has 5 rings (SSSR count). The Morgan fingerprint density at radius 3 is 2.63 bits per heavy atom. The van der Waals surface area contributed by atoms with Crippen molar-refractivity contribution < 1.29 is 13.6 Å². The van der Waals surface area contributed by atoms with E-state index in [0.29, 0.717) is 21.3 Å². The van der Waals surface area contributed by atoms with Gasteiger partial charge in [-0.1, -0.05) is 40.2 Å². The van der Waals surface area contributed by atoms with Gasteiger partial charge in [0.2, 0.25) is 5.76 Å². The van der Waals surface area contributed by atoms with Gasteiger partial charge in [0.1, 0.15) is 17.2 Å². The number of amides is 1. The number of pyridine rings is 1. The van der Waals surface area contributed by atoms with Crippen LogP contribution in [0, 0.1) is 12.7 Å². The van der Waals surface area contributed by atoms with Gasteiger partial charge in [-0.2, -0.15) is 0 Å². The lowest BCUT2D eigenvalue weighted by atomic mass is 9.98. The normalized spacial score (nSPS) is 15.6. The molecule has 0 N–H and O–H groups in total. The predicted molar refractivity (Wildman–Crippen MR) is 114 cm³/mol. The van der Waals surface area contributed by atoms with Crippen molar-refractivity contribution in [2.75, 3.05) is 4.90 Å². The second kappa shape index (κ2) is 6.88. The molecule has 0 fully saturated rings. The number of hydrogen-bond acceptors (Lipinski definition) is 4. The molecule has 7 heteroatoms. The third-order valence-corrected chi connectivity index (χ3v) is 5.67. The van der Waals surface area contributed by atoms with E-state index in [1.165, 1.54) is 11.0 Å². The van der Waals surface area contributed by atoms with Crippen LogP contribution >= 0.6 is 15.9 Å². The van der Waals surface area contributed by atoms with Crippen LogP contribution < -0.4 is 10.3 Å². The Morgan fingerprint density at radius 2 is 1.90 bits per heavy atom. The molecular formula is C23H14BrFN2O3. The largest absolute Gasteiger partial charge is 0.450 e. The molecule has 0 saturated heterocycles. The van der Waals surface area contributed by atoms with Crippen molar-refractivity contribution in [3.63, 3.8) is 0 Å². The molecule has 4 aromatic rings. The average molecular weight is 465 g/mol. The van der Waals surface area contributed by atoms with Gasteiger partial charge < -0.3 is 4.42 Å². The number of aryl methyl sites for hydroxylation is 1. The number of hydrogen-bond donors (Lipinski definition) is 0. The van der Waals surface area contributed by atoms with Crippen LogP contribution in [0.15, 0.2) is 74.5 Å². The number of rotatable bonds is 2. The number of carbonyl (C=O) groups excluding carboxylic acids is 1. The van der Waals surface area contributed by atoms with Gasteiger partial charge in [0, 0.05) is 16.2 Å². The van der Waals surface area contributed by atoms with E-state index in [1.807, 2.05) is 6.92 Å². The second-order valence-corrected chi connectivity index (χ2v) is 8.02. The summed E-state index contributed by atoms with van der Waals surface area (Å²) in [5.41, 5.74) is 1.15. The Hall–Kier alpha value is -3.32. The number of benzene rings is 2. The molecule has 1 amide bonds. The number of anilines is 1. The van der Waals surface area contributed by atoms with E-state index < -0.39 is 17.8 Å². The minimum Gasteiger partial charge on any atom is -0.450 e. The van der Waals surface area contributed by atoms with Gasteiger partial charge in [-0.25, -0.2) is 9.37 Å². The molecule has 2 aromatic heterocycles. The topological polar surface area (TPSA) is 63.4 Å². The van der Waals surface area contributed by atoms with E-state index in [0.717, 1.165) is 5.56 Å². The molecule has 3 heterocycles. The summed E-state index contributed by atoms with van der Waals surface area (Å²) in [6.45, 7) is 1.88. The van der Waals surface area contributed by atoms with Crippen molar-refractivity contribution in [2.24, 2.45) is 0 Å². The van der Waals surface area contributed by atoms with Gasteiger partial charge in [0.15, 0.2) is 5.43 Å².